The van der Waals surface area contributed by atoms with Crippen molar-refractivity contribution in [3.63, 3.8) is 0 Å². The van der Waals surface area contributed by atoms with Crippen molar-refractivity contribution in [1.29, 1.82) is 0 Å². The maximum Gasteiger partial charge on any atom is 0.303 e. The quantitative estimate of drug-likeness (QED) is 0.347. The number of pyridine rings is 2. The lowest BCUT2D eigenvalue weighted by Crippen LogP contribution is -2.55. The maximum absolute atomic E-state index is 11.8. The molecule has 170 valence electrons. The molecule has 0 bridgehead atoms. The van der Waals surface area contributed by atoms with E-state index in [2.05, 4.69) is 9.97 Å². The predicted molar refractivity (Wildman–Crippen MR) is 116 cm³/mol. The van der Waals surface area contributed by atoms with Crippen molar-refractivity contribution < 1.29 is 33.3 Å². The van der Waals surface area contributed by atoms with E-state index in [4.69, 9.17) is 30.5 Å². The minimum absolute atomic E-state index is 0.104. The molecule has 3 rings (SSSR count). The number of hydrogen-bond donors (Lipinski definition) is 0. The summed E-state index contributed by atoms with van der Waals surface area (Å²) in [4.78, 5) is 43.3. The fourth-order valence-corrected chi connectivity index (χ4v) is 4.54. The van der Waals surface area contributed by atoms with Gasteiger partial charge in [0.2, 0.25) is 0 Å². The molecule has 3 heterocycles. The molecule has 4 atom stereocenters. The van der Waals surface area contributed by atoms with Gasteiger partial charge in [-0.25, -0.2) is 4.98 Å². The molecule has 0 saturated carbocycles. The number of esters is 3. The number of carbonyl (C=O) groups excluding carboxylic acids is 3. The third-order valence-corrected chi connectivity index (χ3v) is 5.82. The molecule has 32 heavy (non-hydrogen) atoms. The molecule has 2 aromatic heterocycles. The molecule has 0 amide bonds. The van der Waals surface area contributed by atoms with Crippen molar-refractivity contribution in [2.45, 2.75) is 44.5 Å². The summed E-state index contributed by atoms with van der Waals surface area (Å²) in [6.07, 6.45) is 0.386. The summed E-state index contributed by atoms with van der Waals surface area (Å²) in [6, 6.07) is 6.98. The Balaban J connectivity index is 1.86. The van der Waals surface area contributed by atoms with Crippen LogP contribution < -0.4 is 4.74 Å². The van der Waals surface area contributed by atoms with E-state index in [1.54, 1.807) is 36.7 Å². The first-order valence-corrected chi connectivity index (χ1v) is 11.0. The van der Waals surface area contributed by atoms with Crippen LogP contribution in [0.1, 0.15) is 20.8 Å². The van der Waals surface area contributed by atoms with Crippen molar-refractivity contribution in [3.05, 3.63) is 41.8 Å². The van der Waals surface area contributed by atoms with Gasteiger partial charge in [0.15, 0.2) is 34.7 Å². The summed E-state index contributed by atoms with van der Waals surface area (Å²) < 4.78 is 22.0. The van der Waals surface area contributed by atoms with Gasteiger partial charge < -0.3 is 18.9 Å². The average molecular weight is 481 g/mol. The number of aromatic nitrogens is 2. The van der Waals surface area contributed by atoms with Gasteiger partial charge in [-0.1, -0.05) is 11.6 Å². The molecule has 0 unspecified atom stereocenters. The van der Waals surface area contributed by atoms with E-state index in [1.165, 1.54) is 32.5 Å². The smallest absolute Gasteiger partial charge is 0.303 e. The minimum Gasteiger partial charge on any atom is -0.472 e. The molecule has 1 aliphatic rings. The molecular formula is C21H21ClN2O7S. The molecule has 1 saturated heterocycles. The fraction of sp³-hybridized carbons (Fsp3) is 0.381. The van der Waals surface area contributed by atoms with Crippen LogP contribution in [-0.4, -0.2) is 57.4 Å². The summed E-state index contributed by atoms with van der Waals surface area (Å²) in [5.41, 5.74) is 0.670. The zero-order valence-corrected chi connectivity index (χ0v) is 19.1. The van der Waals surface area contributed by atoms with E-state index < -0.39 is 41.7 Å². The predicted octanol–water partition coefficient (Wildman–Crippen LogP) is 3.04. The second-order valence-corrected chi connectivity index (χ2v) is 8.33. The van der Waals surface area contributed by atoms with Crippen molar-refractivity contribution in [2.75, 3.05) is 5.75 Å². The van der Waals surface area contributed by atoms with E-state index in [1.807, 2.05) is 0 Å². The van der Waals surface area contributed by atoms with Gasteiger partial charge in [-0.2, -0.15) is 0 Å². The number of rotatable bonds is 6. The van der Waals surface area contributed by atoms with E-state index in [-0.39, 0.29) is 16.7 Å². The zero-order valence-electron chi connectivity index (χ0n) is 17.5. The van der Waals surface area contributed by atoms with Gasteiger partial charge in [-0.3, -0.25) is 19.4 Å². The minimum atomic E-state index is -1.05. The Morgan fingerprint density at radius 3 is 2.16 bits per heavy atom. The Kier molecular flexibility index (Phi) is 7.92. The van der Waals surface area contributed by atoms with Crippen molar-refractivity contribution in [1.82, 2.24) is 9.97 Å². The van der Waals surface area contributed by atoms with Gasteiger partial charge >= 0.3 is 17.9 Å². The molecular weight excluding hydrogens is 460 g/mol. The molecule has 0 aliphatic carbocycles. The Hall–Kier alpha value is -2.85. The van der Waals surface area contributed by atoms with Crippen LogP contribution in [0.4, 0.5) is 0 Å². The molecule has 1 fully saturated rings. The highest BCUT2D eigenvalue weighted by atomic mass is 35.5. The number of nitrogens with zero attached hydrogens (tertiary/aromatic N) is 2. The van der Waals surface area contributed by atoms with Crippen LogP contribution in [0.25, 0.3) is 11.3 Å². The molecule has 0 spiro atoms. The van der Waals surface area contributed by atoms with Crippen molar-refractivity contribution >= 4 is 41.3 Å². The standard InChI is InChI=1S/C21H21ClN2O7S/c1-11(25)28-17-10-32-21(19(30-13(3)27)18(17)29-12(2)26)31-16-5-4-15(24-20(16)22)14-6-8-23-9-7-14/h4-9,17-19,21H,10H2,1-3H3/t17-,18+,19-,21+/m1/s1. The SMILES string of the molecule is CC(=O)O[C@@H]1[C@@H](OC(C)=O)[C@@H](Oc2ccc(-c3ccncc3)nc2Cl)SC[C@H]1OC(C)=O. The van der Waals surface area contributed by atoms with Crippen molar-refractivity contribution in [2.24, 2.45) is 0 Å². The normalized spacial score (nSPS) is 22.5. The highest BCUT2D eigenvalue weighted by molar-refractivity contribution is 7.99. The largest absolute Gasteiger partial charge is 0.472 e. The second kappa shape index (κ2) is 10.6. The number of halogens is 1. The highest BCUT2D eigenvalue weighted by Gasteiger charge is 2.47. The number of thioether (sulfide) groups is 1. The lowest BCUT2D eigenvalue weighted by molar-refractivity contribution is -0.186. The summed E-state index contributed by atoms with van der Waals surface area (Å²) in [7, 11) is 0. The summed E-state index contributed by atoms with van der Waals surface area (Å²) in [5, 5.41) is 0.104. The molecule has 0 radical (unpaired) electrons. The first-order chi connectivity index (χ1) is 15.2. The molecule has 11 heteroatoms. The Labute approximate surface area is 193 Å². The summed E-state index contributed by atoms with van der Waals surface area (Å²) in [5.74, 6) is -1.27. The van der Waals surface area contributed by atoms with Gasteiger partial charge in [0.05, 0.1) is 5.69 Å². The first kappa shape index (κ1) is 23.8. The van der Waals surface area contributed by atoms with E-state index in [0.29, 0.717) is 5.69 Å². The Bertz CT molecular complexity index is 991. The van der Waals surface area contributed by atoms with Gasteiger partial charge in [0, 0.05) is 44.5 Å². The Morgan fingerprint density at radius 2 is 1.56 bits per heavy atom. The highest BCUT2D eigenvalue weighted by Crippen LogP contribution is 2.36. The summed E-state index contributed by atoms with van der Waals surface area (Å²) in [6.45, 7) is 3.68. The van der Waals surface area contributed by atoms with Gasteiger partial charge in [-0.15, -0.1) is 11.8 Å². The van der Waals surface area contributed by atoms with Crippen molar-refractivity contribution in [3.8, 4) is 17.0 Å². The zero-order chi connectivity index (χ0) is 23.3. The van der Waals surface area contributed by atoms with Gasteiger partial charge in [-0.05, 0) is 24.3 Å². The molecule has 9 nitrogen and oxygen atoms in total. The summed E-state index contributed by atoms with van der Waals surface area (Å²) >= 11 is 7.58. The molecule has 0 N–H and O–H groups in total. The van der Waals surface area contributed by atoms with Gasteiger partial charge in [0.25, 0.3) is 0 Å². The molecule has 2 aromatic rings. The number of ether oxygens (including phenoxy) is 4. The molecule has 1 aliphatic heterocycles. The number of hydrogen-bond acceptors (Lipinski definition) is 10. The topological polar surface area (TPSA) is 114 Å². The van der Waals surface area contributed by atoms with Crippen LogP contribution in [0.5, 0.6) is 5.75 Å². The van der Waals surface area contributed by atoms with E-state index in [9.17, 15) is 14.4 Å². The second-order valence-electron chi connectivity index (χ2n) is 6.84. The van der Waals surface area contributed by atoms with E-state index in [0.717, 1.165) is 5.56 Å². The third kappa shape index (κ3) is 6.10. The monoisotopic (exact) mass is 480 g/mol. The van der Waals surface area contributed by atoms with Crippen LogP contribution in [-0.2, 0) is 28.6 Å². The van der Waals surface area contributed by atoms with E-state index >= 15 is 0 Å². The number of carbonyl (C=O) groups is 3. The van der Waals surface area contributed by atoms with Crippen LogP contribution in [0.15, 0.2) is 36.7 Å². The Morgan fingerprint density at radius 1 is 0.938 bits per heavy atom. The van der Waals surface area contributed by atoms with Crippen LogP contribution in [0.3, 0.4) is 0 Å². The molecule has 0 aromatic carbocycles. The maximum atomic E-state index is 11.8. The average Bonchev–Trinajstić information content (AvgIpc) is 2.73. The lowest BCUT2D eigenvalue weighted by atomic mass is 10.1. The lowest BCUT2D eigenvalue weighted by Gasteiger charge is -2.39. The van der Waals surface area contributed by atoms with Crippen LogP contribution in [0.2, 0.25) is 5.15 Å². The first-order valence-electron chi connectivity index (χ1n) is 9.61. The fourth-order valence-electron chi connectivity index (χ4n) is 3.13. The van der Waals surface area contributed by atoms with Crippen LogP contribution >= 0.6 is 23.4 Å². The van der Waals surface area contributed by atoms with Gasteiger partial charge in [0.1, 0.15) is 0 Å². The van der Waals surface area contributed by atoms with Crippen LogP contribution in [0, 0.1) is 0 Å². The third-order valence-electron chi connectivity index (χ3n) is 4.34.